The summed E-state index contributed by atoms with van der Waals surface area (Å²) in [6, 6.07) is 16.3. The van der Waals surface area contributed by atoms with E-state index in [0.717, 1.165) is 11.1 Å². The van der Waals surface area contributed by atoms with Crippen LogP contribution in [0.15, 0.2) is 60.2 Å². The van der Waals surface area contributed by atoms with E-state index < -0.39 is 5.92 Å². The maximum atomic E-state index is 12.9. The molecule has 0 bridgehead atoms. The van der Waals surface area contributed by atoms with Crippen LogP contribution in [0, 0.1) is 12.8 Å². The number of rotatable bonds is 6. The Morgan fingerprint density at radius 2 is 1.38 bits per heavy atom. The molecule has 0 radical (unpaired) electrons. The number of benzene rings is 2. The van der Waals surface area contributed by atoms with Gasteiger partial charge >= 0.3 is 0 Å². The van der Waals surface area contributed by atoms with E-state index in [2.05, 4.69) is 0 Å². The molecular formula is C21H20O3. The van der Waals surface area contributed by atoms with E-state index in [1.165, 1.54) is 13.8 Å². The van der Waals surface area contributed by atoms with Gasteiger partial charge in [-0.1, -0.05) is 60.2 Å². The van der Waals surface area contributed by atoms with Gasteiger partial charge in [-0.3, -0.25) is 14.4 Å². The van der Waals surface area contributed by atoms with E-state index >= 15 is 0 Å². The smallest absolute Gasteiger partial charge is 0.190 e. The molecule has 0 spiro atoms. The molecule has 0 aliphatic heterocycles. The topological polar surface area (TPSA) is 51.2 Å². The third-order valence-electron chi connectivity index (χ3n) is 3.82. The van der Waals surface area contributed by atoms with Crippen LogP contribution in [0.5, 0.6) is 0 Å². The molecule has 0 unspecified atom stereocenters. The number of carbonyl (C=O) groups is 3. The number of Topliss-reactive ketones (excluding diaryl/α,β-unsaturated/α-hetero) is 3. The second kappa shape index (κ2) is 7.64. The van der Waals surface area contributed by atoms with Gasteiger partial charge in [-0.25, -0.2) is 0 Å². The molecule has 2 aromatic carbocycles. The van der Waals surface area contributed by atoms with Crippen LogP contribution < -0.4 is 0 Å². The highest BCUT2D eigenvalue weighted by atomic mass is 16.2. The number of carbonyl (C=O) groups excluding carboxylic acids is 3. The molecule has 0 saturated carbocycles. The molecule has 0 atom stereocenters. The fourth-order valence-corrected chi connectivity index (χ4v) is 2.60. The van der Waals surface area contributed by atoms with Crippen LogP contribution in [-0.4, -0.2) is 17.3 Å². The Morgan fingerprint density at radius 1 is 0.833 bits per heavy atom. The summed E-state index contributed by atoms with van der Waals surface area (Å²) in [7, 11) is 0. The van der Waals surface area contributed by atoms with Crippen molar-refractivity contribution in [3.8, 4) is 0 Å². The van der Waals surface area contributed by atoms with Crippen molar-refractivity contribution in [1.82, 2.24) is 0 Å². The summed E-state index contributed by atoms with van der Waals surface area (Å²) in [6.45, 7) is 4.61. The van der Waals surface area contributed by atoms with Gasteiger partial charge in [0.15, 0.2) is 5.78 Å². The van der Waals surface area contributed by atoms with Gasteiger partial charge in [0.25, 0.3) is 0 Å². The van der Waals surface area contributed by atoms with Crippen LogP contribution >= 0.6 is 0 Å². The first kappa shape index (κ1) is 17.5. The van der Waals surface area contributed by atoms with Gasteiger partial charge in [-0.2, -0.15) is 0 Å². The molecule has 122 valence electrons. The summed E-state index contributed by atoms with van der Waals surface area (Å²) in [5.41, 5.74) is 2.50. The minimum absolute atomic E-state index is 0.213. The molecule has 0 aliphatic carbocycles. The summed E-state index contributed by atoms with van der Waals surface area (Å²) in [6.07, 6.45) is 1.63. The Morgan fingerprint density at radius 3 is 1.88 bits per heavy atom. The second-order valence-electron chi connectivity index (χ2n) is 5.86. The van der Waals surface area contributed by atoms with E-state index in [0.29, 0.717) is 5.56 Å². The highest BCUT2D eigenvalue weighted by molar-refractivity contribution is 6.20. The first-order valence-corrected chi connectivity index (χ1v) is 7.79. The molecule has 0 N–H and O–H groups in total. The first-order chi connectivity index (χ1) is 11.4. The molecule has 0 saturated heterocycles. The molecule has 3 heteroatoms. The molecule has 2 rings (SSSR count). The Bertz CT molecular complexity index is 770. The van der Waals surface area contributed by atoms with E-state index in [9.17, 15) is 14.4 Å². The second-order valence-corrected chi connectivity index (χ2v) is 5.86. The summed E-state index contributed by atoms with van der Waals surface area (Å²) in [5, 5.41) is 0. The van der Waals surface area contributed by atoms with Gasteiger partial charge in [0.1, 0.15) is 17.5 Å². The van der Waals surface area contributed by atoms with Gasteiger partial charge in [-0.05, 0) is 32.4 Å². The maximum Gasteiger partial charge on any atom is 0.190 e. The predicted molar refractivity (Wildman–Crippen MR) is 94.8 cm³/mol. The van der Waals surface area contributed by atoms with Gasteiger partial charge in [0.2, 0.25) is 0 Å². The normalized spacial score (nSPS) is 11.4. The van der Waals surface area contributed by atoms with E-state index in [-0.39, 0.29) is 22.9 Å². The molecule has 0 aromatic heterocycles. The van der Waals surface area contributed by atoms with E-state index in [4.69, 9.17) is 0 Å². The summed E-state index contributed by atoms with van der Waals surface area (Å²) in [4.78, 5) is 36.9. The highest BCUT2D eigenvalue weighted by Gasteiger charge is 2.29. The lowest BCUT2D eigenvalue weighted by Gasteiger charge is -2.15. The molecular weight excluding hydrogens is 300 g/mol. The first-order valence-electron chi connectivity index (χ1n) is 7.79. The third kappa shape index (κ3) is 4.13. The summed E-state index contributed by atoms with van der Waals surface area (Å²) >= 11 is 0. The number of hydrogen-bond donors (Lipinski definition) is 0. The lowest BCUT2D eigenvalue weighted by molar-refractivity contribution is -0.128. The highest BCUT2D eigenvalue weighted by Crippen LogP contribution is 2.23. The minimum Gasteiger partial charge on any atom is -0.299 e. The third-order valence-corrected chi connectivity index (χ3v) is 3.82. The van der Waals surface area contributed by atoms with Crippen LogP contribution in [-0.2, 0) is 9.59 Å². The molecule has 0 fully saturated rings. The zero-order valence-corrected chi connectivity index (χ0v) is 14.1. The number of hydrogen-bond acceptors (Lipinski definition) is 3. The van der Waals surface area contributed by atoms with Crippen molar-refractivity contribution in [2.45, 2.75) is 20.8 Å². The van der Waals surface area contributed by atoms with Crippen molar-refractivity contribution < 1.29 is 14.4 Å². The average molecular weight is 320 g/mol. The van der Waals surface area contributed by atoms with Crippen LogP contribution in [0.4, 0.5) is 0 Å². The Balaban J connectivity index is 2.55. The van der Waals surface area contributed by atoms with Crippen molar-refractivity contribution in [3.05, 3.63) is 76.9 Å². The van der Waals surface area contributed by atoms with Crippen molar-refractivity contribution in [1.29, 1.82) is 0 Å². The summed E-state index contributed by atoms with van der Waals surface area (Å²) < 4.78 is 0. The number of ketones is 3. The zero-order valence-electron chi connectivity index (χ0n) is 14.1. The summed E-state index contributed by atoms with van der Waals surface area (Å²) in [5.74, 6) is -2.00. The lowest BCUT2D eigenvalue weighted by atomic mass is 9.85. The molecule has 0 amide bonds. The molecule has 3 nitrogen and oxygen atoms in total. The van der Waals surface area contributed by atoms with Crippen LogP contribution in [0.2, 0.25) is 0 Å². The minimum atomic E-state index is -1.04. The van der Waals surface area contributed by atoms with Crippen LogP contribution in [0.25, 0.3) is 6.08 Å². The van der Waals surface area contributed by atoms with Crippen LogP contribution in [0.1, 0.15) is 35.3 Å². The van der Waals surface area contributed by atoms with Crippen LogP contribution in [0.3, 0.4) is 0 Å². The van der Waals surface area contributed by atoms with E-state index in [1.54, 1.807) is 18.2 Å². The Labute approximate surface area is 142 Å². The zero-order chi connectivity index (χ0) is 17.7. The monoisotopic (exact) mass is 320 g/mol. The van der Waals surface area contributed by atoms with Crippen molar-refractivity contribution in [2.24, 2.45) is 5.92 Å². The van der Waals surface area contributed by atoms with Gasteiger partial charge in [0.05, 0.1) is 0 Å². The van der Waals surface area contributed by atoms with Crippen molar-refractivity contribution in [3.63, 3.8) is 0 Å². The molecule has 2 aromatic rings. The number of allylic oxidation sites excluding steroid dienone is 1. The van der Waals surface area contributed by atoms with Gasteiger partial charge in [0, 0.05) is 11.1 Å². The Hall–Kier alpha value is -2.81. The number of aryl methyl sites for hydroxylation is 1. The standard InChI is InChI=1S/C21H20O3/c1-14-9-11-18(12-10-14)21(24)19(20(15(2)22)16(3)23)13-17-7-5-4-6-8-17/h4-13,20H,1-3H3/b19-13+. The average Bonchev–Trinajstić information content (AvgIpc) is 2.54. The maximum absolute atomic E-state index is 12.9. The predicted octanol–water partition coefficient (Wildman–Crippen LogP) is 4.06. The van der Waals surface area contributed by atoms with Crippen molar-refractivity contribution in [2.75, 3.05) is 0 Å². The van der Waals surface area contributed by atoms with E-state index in [1.807, 2.05) is 49.4 Å². The molecule has 0 heterocycles. The molecule has 0 aliphatic rings. The SMILES string of the molecule is CC(=O)C(C(C)=O)/C(=C\c1ccccc1)C(=O)c1ccc(C)cc1. The fraction of sp³-hybridized carbons (Fsp3) is 0.190. The quantitative estimate of drug-likeness (QED) is 0.458. The van der Waals surface area contributed by atoms with Gasteiger partial charge < -0.3 is 0 Å². The van der Waals surface area contributed by atoms with Crippen molar-refractivity contribution >= 4 is 23.4 Å². The molecule has 24 heavy (non-hydrogen) atoms. The lowest BCUT2D eigenvalue weighted by Crippen LogP contribution is -2.26. The van der Waals surface area contributed by atoms with Gasteiger partial charge in [-0.15, -0.1) is 0 Å². The fourth-order valence-electron chi connectivity index (χ4n) is 2.60. The largest absolute Gasteiger partial charge is 0.299 e. The Kier molecular flexibility index (Phi) is 5.59.